The van der Waals surface area contributed by atoms with Gasteiger partial charge in [-0.3, -0.25) is 9.59 Å². The topological polar surface area (TPSA) is 146 Å². The van der Waals surface area contributed by atoms with Gasteiger partial charge in [-0.25, -0.2) is 18.7 Å². The molecule has 8 rings (SSSR count). The molecule has 1 unspecified atom stereocenters. The van der Waals surface area contributed by atoms with Gasteiger partial charge in [-0.1, -0.05) is 32.9 Å². The van der Waals surface area contributed by atoms with Crippen LogP contribution in [0.1, 0.15) is 71.9 Å². The average molecular weight is 708 g/mol. The highest BCUT2D eigenvalue weighted by atomic mass is 19.1. The van der Waals surface area contributed by atoms with Crippen LogP contribution in [0.2, 0.25) is 0 Å². The van der Waals surface area contributed by atoms with E-state index in [1.165, 1.54) is 4.90 Å². The zero-order valence-corrected chi connectivity index (χ0v) is 29.9. The first-order valence-corrected chi connectivity index (χ1v) is 17.7. The summed E-state index contributed by atoms with van der Waals surface area (Å²) in [5.41, 5.74) is 12.4. The third kappa shape index (κ3) is 5.81. The van der Waals surface area contributed by atoms with E-state index in [0.29, 0.717) is 29.3 Å². The molecule has 270 valence electrons. The second-order valence-corrected chi connectivity index (χ2v) is 15.4. The van der Waals surface area contributed by atoms with E-state index in [9.17, 15) is 14.4 Å². The van der Waals surface area contributed by atoms with E-state index in [1.807, 2.05) is 52.0 Å². The number of pyridine rings is 2. The number of likely N-dealkylation sites (tertiary alicyclic amines) is 1. The molecule has 12 nitrogen and oxygen atoms in total. The van der Waals surface area contributed by atoms with Crippen molar-refractivity contribution in [3.05, 3.63) is 70.9 Å². The van der Waals surface area contributed by atoms with Crippen molar-refractivity contribution in [3.63, 3.8) is 0 Å². The lowest BCUT2D eigenvalue weighted by molar-refractivity contribution is -0.0571. The summed E-state index contributed by atoms with van der Waals surface area (Å²) in [7, 11) is 1.54. The van der Waals surface area contributed by atoms with Crippen LogP contribution in [0.4, 0.5) is 9.18 Å². The van der Waals surface area contributed by atoms with E-state index in [0.717, 1.165) is 64.2 Å². The molecular formula is C39H42FN7O5. The molecule has 3 atom stereocenters. The van der Waals surface area contributed by atoms with E-state index in [4.69, 9.17) is 25.3 Å². The smallest absolute Gasteiger partial charge is 0.404 e. The molecule has 1 saturated carbocycles. The monoisotopic (exact) mass is 707 g/mol. The number of primary amides is 1. The number of aromatic nitrogens is 4. The van der Waals surface area contributed by atoms with Crippen LogP contribution in [-0.2, 0) is 17.8 Å². The second-order valence-electron chi connectivity index (χ2n) is 15.4. The molecule has 2 fully saturated rings. The number of amides is 3. The summed E-state index contributed by atoms with van der Waals surface area (Å²) in [6.07, 6.45) is 0.565. The number of nitrogens with two attached hydrogens (primary N) is 1. The number of carbonyl (C=O) groups excluding carboxylic acids is 3. The van der Waals surface area contributed by atoms with Crippen LogP contribution < -0.4 is 15.8 Å². The van der Waals surface area contributed by atoms with E-state index < -0.39 is 35.7 Å². The van der Waals surface area contributed by atoms with Gasteiger partial charge in [-0.2, -0.15) is 5.10 Å². The molecule has 0 radical (unpaired) electrons. The lowest BCUT2D eigenvalue weighted by atomic mass is 9.78. The molecule has 5 aromatic rings. The molecule has 4 aromatic heterocycles. The van der Waals surface area contributed by atoms with Crippen LogP contribution in [0.15, 0.2) is 48.7 Å². The number of hydrogen-bond acceptors (Lipinski definition) is 7. The van der Waals surface area contributed by atoms with Gasteiger partial charge in [-0.15, -0.1) is 0 Å². The Labute approximate surface area is 300 Å². The van der Waals surface area contributed by atoms with E-state index in [2.05, 4.69) is 22.0 Å². The maximum atomic E-state index is 15.1. The van der Waals surface area contributed by atoms with Gasteiger partial charge in [0.05, 0.1) is 36.6 Å². The zero-order valence-electron chi connectivity index (χ0n) is 29.9. The number of benzene rings is 1. The molecule has 1 aliphatic carbocycles. The van der Waals surface area contributed by atoms with Gasteiger partial charge in [0.15, 0.2) is 0 Å². The highest BCUT2D eigenvalue weighted by Crippen LogP contribution is 2.40. The Morgan fingerprint density at radius 3 is 2.62 bits per heavy atom. The van der Waals surface area contributed by atoms with Crippen LogP contribution in [0.25, 0.3) is 39.2 Å². The predicted octanol–water partition coefficient (Wildman–Crippen LogP) is 6.05. The number of ether oxygens (including phenoxy) is 2. The molecule has 3 N–H and O–H groups in total. The lowest BCUT2D eigenvalue weighted by Gasteiger charge is -2.47. The SMILES string of the molecule is COc1cc(C(=O)N2C[C@H](F)C[C@@H](OC(N)=O)C2C(C)(C)C)cn2nc(-c3cc4ccc(-c5ccc6c(c5)C(=O)NC6)nc4n3CC3CC3)c(C)c12. The molecular weight excluding hydrogens is 665 g/mol. The van der Waals surface area contributed by atoms with Crippen LogP contribution in [0.3, 0.4) is 0 Å². The van der Waals surface area contributed by atoms with Gasteiger partial charge < -0.3 is 30.0 Å². The Morgan fingerprint density at radius 1 is 1.12 bits per heavy atom. The molecule has 2 aliphatic heterocycles. The van der Waals surface area contributed by atoms with Gasteiger partial charge in [-0.05, 0) is 67.0 Å². The molecule has 0 bridgehead atoms. The fourth-order valence-corrected chi connectivity index (χ4v) is 8.05. The largest absolute Gasteiger partial charge is 0.494 e. The number of hydrogen-bond donors (Lipinski definition) is 2. The Kier molecular flexibility index (Phi) is 7.99. The summed E-state index contributed by atoms with van der Waals surface area (Å²) >= 11 is 0. The minimum Gasteiger partial charge on any atom is -0.494 e. The molecule has 3 amide bonds. The van der Waals surface area contributed by atoms with Gasteiger partial charge in [0.2, 0.25) is 0 Å². The summed E-state index contributed by atoms with van der Waals surface area (Å²) in [5.74, 6) is 0.470. The average Bonchev–Trinajstić information content (AvgIpc) is 3.62. The summed E-state index contributed by atoms with van der Waals surface area (Å²) in [6, 6.07) is 13.1. The minimum atomic E-state index is -1.40. The minimum absolute atomic E-state index is 0.0472. The number of aryl methyl sites for hydroxylation is 1. The van der Waals surface area contributed by atoms with Crippen LogP contribution in [-0.4, -0.2) is 73.9 Å². The molecule has 13 heteroatoms. The standard InChI is InChI=1S/C39H42FN7O5/c1-20-32(29-13-23-10-11-28(43-35(23)45(29)17-21-6-7-21)22-8-9-24-16-42-36(48)27(24)12-22)44-47-18-25(14-30(51-5)33(20)47)37(49)46-19-26(40)15-31(52-38(41)50)34(46)39(2,3)4/h8-14,18,21,26,31,34H,6-7,15-17,19H2,1-5H3,(H2,41,50)(H,42,48)/t26-,31-,34?/m1/s1. The van der Waals surface area contributed by atoms with Crippen molar-refractivity contribution in [2.24, 2.45) is 17.1 Å². The second kappa shape index (κ2) is 12.3. The molecule has 0 spiro atoms. The number of halogens is 1. The number of nitrogens with one attached hydrogen (secondary N) is 1. The van der Waals surface area contributed by atoms with Gasteiger partial charge in [0.1, 0.15) is 34.9 Å². The normalized spacial score (nSPS) is 20.3. The Balaban J connectivity index is 1.21. The van der Waals surface area contributed by atoms with Crippen molar-refractivity contribution in [3.8, 4) is 28.4 Å². The number of fused-ring (bicyclic) bond motifs is 3. The van der Waals surface area contributed by atoms with Crippen molar-refractivity contribution < 1.29 is 28.2 Å². The van der Waals surface area contributed by atoms with Gasteiger partial charge in [0.25, 0.3) is 11.8 Å². The number of alkyl halides is 1. The number of methoxy groups -OCH3 is 1. The zero-order chi connectivity index (χ0) is 36.6. The van der Waals surface area contributed by atoms with E-state index in [-0.39, 0.29) is 24.4 Å². The first-order chi connectivity index (χ1) is 24.8. The molecule has 1 saturated heterocycles. The van der Waals surface area contributed by atoms with Crippen LogP contribution in [0, 0.1) is 18.3 Å². The van der Waals surface area contributed by atoms with Crippen LogP contribution in [0.5, 0.6) is 5.75 Å². The van der Waals surface area contributed by atoms with Crippen molar-refractivity contribution in [1.29, 1.82) is 0 Å². The molecule has 52 heavy (non-hydrogen) atoms. The van der Waals surface area contributed by atoms with Crippen molar-refractivity contribution in [2.45, 2.75) is 78.4 Å². The van der Waals surface area contributed by atoms with Crippen molar-refractivity contribution in [1.82, 2.24) is 29.4 Å². The summed E-state index contributed by atoms with van der Waals surface area (Å²) in [6.45, 7) is 8.90. The number of rotatable bonds is 7. The fourth-order valence-electron chi connectivity index (χ4n) is 8.05. The highest BCUT2D eigenvalue weighted by molar-refractivity contribution is 5.99. The first kappa shape index (κ1) is 33.7. The lowest BCUT2D eigenvalue weighted by Crippen LogP contribution is -2.61. The molecule has 3 aliphatic rings. The van der Waals surface area contributed by atoms with Crippen molar-refractivity contribution >= 4 is 34.5 Å². The Morgan fingerprint density at radius 2 is 1.90 bits per heavy atom. The summed E-state index contributed by atoms with van der Waals surface area (Å²) in [4.78, 5) is 45.1. The third-order valence-electron chi connectivity index (χ3n) is 10.6. The van der Waals surface area contributed by atoms with E-state index >= 15 is 4.39 Å². The quantitative estimate of drug-likeness (QED) is 0.209. The number of piperidine rings is 1. The van der Waals surface area contributed by atoms with Gasteiger partial charge in [0, 0.05) is 47.8 Å². The molecule has 1 aromatic carbocycles. The maximum absolute atomic E-state index is 15.1. The summed E-state index contributed by atoms with van der Waals surface area (Å²) < 4.78 is 30.2. The molecule has 6 heterocycles. The fraction of sp³-hybridized carbons (Fsp3) is 0.410. The van der Waals surface area contributed by atoms with Crippen molar-refractivity contribution in [2.75, 3.05) is 13.7 Å². The van der Waals surface area contributed by atoms with Gasteiger partial charge >= 0.3 is 6.09 Å². The third-order valence-corrected chi connectivity index (χ3v) is 10.6. The summed E-state index contributed by atoms with van der Waals surface area (Å²) in [5, 5.41) is 8.89. The van der Waals surface area contributed by atoms with E-state index in [1.54, 1.807) is 23.9 Å². The maximum Gasteiger partial charge on any atom is 0.404 e. The predicted molar refractivity (Wildman–Crippen MR) is 193 cm³/mol. The Bertz CT molecular complexity index is 2280. The first-order valence-electron chi connectivity index (χ1n) is 17.7. The Hall–Kier alpha value is -5.46. The number of nitrogens with zero attached hydrogens (tertiary/aromatic N) is 5. The van der Waals surface area contributed by atoms with Crippen LogP contribution >= 0.6 is 0 Å². The number of carbonyl (C=O) groups is 3. The highest BCUT2D eigenvalue weighted by Gasteiger charge is 2.47.